The fourth-order valence-electron chi connectivity index (χ4n) is 2.66. The Hall–Kier alpha value is -1.14. The lowest BCUT2D eigenvalue weighted by atomic mass is 9.90. The third-order valence-corrected chi connectivity index (χ3v) is 4.13. The smallest absolute Gasteiger partial charge is 0.311 e. The van der Waals surface area contributed by atoms with Crippen LogP contribution in [0.15, 0.2) is 0 Å². The van der Waals surface area contributed by atoms with Gasteiger partial charge in [0.25, 0.3) is 0 Å². The van der Waals surface area contributed by atoms with E-state index in [0.29, 0.717) is 39.1 Å². The highest BCUT2D eigenvalue weighted by molar-refractivity contribution is 5.80. The Morgan fingerprint density at radius 3 is 2.90 bits per heavy atom. The monoisotopic (exact) mass is 285 g/mol. The average molecular weight is 285 g/mol. The number of rotatable bonds is 6. The van der Waals surface area contributed by atoms with Crippen LogP contribution in [0.2, 0.25) is 0 Å². The minimum atomic E-state index is -0.831. The maximum absolute atomic E-state index is 12.0. The van der Waals surface area contributed by atoms with Crippen LogP contribution in [0.5, 0.6) is 0 Å². The summed E-state index contributed by atoms with van der Waals surface area (Å²) in [7, 11) is 0. The topological polar surface area (TPSA) is 76.1 Å². The van der Waals surface area contributed by atoms with Crippen molar-refractivity contribution in [3.8, 4) is 0 Å². The van der Waals surface area contributed by atoms with E-state index in [1.165, 1.54) is 0 Å². The van der Waals surface area contributed by atoms with E-state index in [2.05, 4.69) is 0 Å². The number of ether oxygens (including phenoxy) is 2. The van der Waals surface area contributed by atoms with Crippen molar-refractivity contribution < 1.29 is 24.2 Å². The Bertz CT molecular complexity index is 367. The van der Waals surface area contributed by atoms with Crippen LogP contribution >= 0.6 is 0 Å². The molecule has 6 nitrogen and oxygen atoms in total. The molecule has 2 aliphatic heterocycles. The first kappa shape index (κ1) is 15.3. The van der Waals surface area contributed by atoms with E-state index >= 15 is 0 Å². The van der Waals surface area contributed by atoms with E-state index in [4.69, 9.17) is 14.6 Å². The second-order valence-corrected chi connectivity index (χ2v) is 5.89. The summed E-state index contributed by atoms with van der Waals surface area (Å²) in [6.07, 6.45) is 3.10. The zero-order valence-corrected chi connectivity index (χ0v) is 12.0. The molecular formula is C14H23NO5. The third-order valence-electron chi connectivity index (χ3n) is 4.13. The lowest BCUT2D eigenvalue weighted by Crippen LogP contribution is -2.35. The van der Waals surface area contributed by atoms with Gasteiger partial charge in [0.2, 0.25) is 5.91 Å². The van der Waals surface area contributed by atoms with Gasteiger partial charge in [-0.2, -0.15) is 0 Å². The fourth-order valence-corrected chi connectivity index (χ4v) is 2.66. The van der Waals surface area contributed by atoms with Crippen molar-refractivity contribution in [2.45, 2.75) is 38.7 Å². The molecule has 2 aliphatic rings. The standard InChI is InChI=1S/C14H23NO5/c1-14(13(17)18)5-6-15(10-14)12(16)4-8-19-9-11-3-2-7-20-11/h11H,2-10H2,1H3,(H,17,18). The largest absolute Gasteiger partial charge is 0.481 e. The predicted octanol–water partition coefficient (Wildman–Crippen LogP) is 0.895. The third kappa shape index (κ3) is 3.70. The number of carbonyl (C=O) groups excluding carboxylic acids is 1. The van der Waals surface area contributed by atoms with Crippen molar-refractivity contribution in [3.63, 3.8) is 0 Å². The van der Waals surface area contributed by atoms with Crippen molar-refractivity contribution in [2.75, 3.05) is 32.9 Å². The summed E-state index contributed by atoms with van der Waals surface area (Å²) in [6, 6.07) is 0. The molecule has 0 aromatic heterocycles. The summed E-state index contributed by atoms with van der Waals surface area (Å²) >= 11 is 0. The molecule has 2 rings (SSSR count). The second-order valence-electron chi connectivity index (χ2n) is 5.89. The maximum atomic E-state index is 12.0. The first-order valence-electron chi connectivity index (χ1n) is 7.22. The summed E-state index contributed by atoms with van der Waals surface area (Å²) in [5.74, 6) is -0.857. The number of hydrogen-bond acceptors (Lipinski definition) is 4. The number of likely N-dealkylation sites (tertiary alicyclic amines) is 1. The molecule has 2 heterocycles. The normalized spacial score (nSPS) is 29.9. The van der Waals surface area contributed by atoms with Crippen LogP contribution in [0, 0.1) is 5.41 Å². The van der Waals surface area contributed by atoms with Crippen LogP contribution in [0.4, 0.5) is 0 Å². The fraction of sp³-hybridized carbons (Fsp3) is 0.857. The highest BCUT2D eigenvalue weighted by atomic mass is 16.5. The second kappa shape index (κ2) is 6.54. The maximum Gasteiger partial charge on any atom is 0.311 e. The molecule has 1 amide bonds. The van der Waals surface area contributed by atoms with Crippen LogP contribution in [0.1, 0.15) is 32.6 Å². The van der Waals surface area contributed by atoms with E-state index in [0.717, 1.165) is 19.4 Å². The minimum absolute atomic E-state index is 0.0256. The van der Waals surface area contributed by atoms with Crippen molar-refractivity contribution in [3.05, 3.63) is 0 Å². The van der Waals surface area contributed by atoms with Gasteiger partial charge in [0.05, 0.1) is 31.2 Å². The average Bonchev–Trinajstić information content (AvgIpc) is 3.04. The van der Waals surface area contributed by atoms with Crippen molar-refractivity contribution in [1.82, 2.24) is 4.90 Å². The van der Waals surface area contributed by atoms with E-state index < -0.39 is 11.4 Å². The number of amides is 1. The minimum Gasteiger partial charge on any atom is -0.481 e. The van der Waals surface area contributed by atoms with Crippen molar-refractivity contribution in [1.29, 1.82) is 0 Å². The summed E-state index contributed by atoms with van der Waals surface area (Å²) in [4.78, 5) is 24.7. The van der Waals surface area contributed by atoms with Crippen LogP contribution in [-0.2, 0) is 19.1 Å². The Kier molecular flexibility index (Phi) is 4.99. The summed E-state index contributed by atoms with van der Waals surface area (Å²) < 4.78 is 10.9. The van der Waals surface area contributed by atoms with Gasteiger partial charge in [-0.1, -0.05) is 0 Å². The molecule has 2 unspecified atom stereocenters. The van der Waals surface area contributed by atoms with Crippen LogP contribution in [0.3, 0.4) is 0 Å². The summed E-state index contributed by atoms with van der Waals surface area (Å²) in [5.41, 5.74) is -0.797. The molecule has 0 saturated carbocycles. The summed E-state index contributed by atoms with van der Waals surface area (Å²) in [5, 5.41) is 9.13. The highest BCUT2D eigenvalue weighted by Crippen LogP contribution is 2.30. The van der Waals surface area contributed by atoms with Gasteiger partial charge in [-0.15, -0.1) is 0 Å². The lowest BCUT2D eigenvalue weighted by molar-refractivity contribution is -0.147. The molecule has 0 radical (unpaired) electrons. The zero-order valence-electron chi connectivity index (χ0n) is 12.0. The van der Waals surface area contributed by atoms with Gasteiger partial charge in [-0.05, 0) is 26.2 Å². The molecule has 2 atom stereocenters. The van der Waals surface area contributed by atoms with Gasteiger partial charge in [-0.25, -0.2) is 0 Å². The molecule has 1 N–H and O–H groups in total. The lowest BCUT2D eigenvalue weighted by Gasteiger charge is -2.20. The molecule has 114 valence electrons. The Morgan fingerprint density at radius 2 is 2.30 bits per heavy atom. The van der Waals surface area contributed by atoms with Gasteiger partial charge in [0, 0.05) is 19.7 Å². The Balaban J connectivity index is 1.64. The molecule has 6 heteroatoms. The molecule has 0 aromatic rings. The number of carboxylic acids is 1. The number of hydrogen-bond donors (Lipinski definition) is 1. The molecule has 0 bridgehead atoms. The Morgan fingerprint density at radius 1 is 1.50 bits per heavy atom. The van der Waals surface area contributed by atoms with E-state index in [1.807, 2.05) is 0 Å². The van der Waals surface area contributed by atoms with Crippen LogP contribution in [0.25, 0.3) is 0 Å². The number of nitrogens with zero attached hydrogens (tertiary/aromatic N) is 1. The van der Waals surface area contributed by atoms with Gasteiger partial charge in [-0.3, -0.25) is 9.59 Å². The molecule has 2 fully saturated rings. The van der Waals surface area contributed by atoms with Gasteiger partial charge < -0.3 is 19.5 Å². The van der Waals surface area contributed by atoms with Crippen molar-refractivity contribution in [2.24, 2.45) is 5.41 Å². The number of carboxylic acid groups (broad SMARTS) is 1. The highest BCUT2D eigenvalue weighted by Gasteiger charge is 2.41. The van der Waals surface area contributed by atoms with E-state index in [9.17, 15) is 9.59 Å². The van der Waals surface area contributed by atoms with Crippen LogP contribution in [-0.4, -0.2) is 60.9 Å². The predicted molar refractivity (Wildman–Crippen MR) is 71.3 cm³/mol. The SMILES string of the molecule is CC1(C(=O)O)CCN(C(=O)CCOCC2CCCO2)C1. The molecular weight excluding hydrogens is 262 g/mol. The first-order valence-corrected chi connectivity index (χ1v) is 7.22. The van der Waals surface area contributed by atoms with Gasteiger partial charge in [0.1, 0.15) is 0 Å². The van der Waals surface area contributed by atoms with Crippen molar-refractivity contribution >= 4 is 11.9 Å². The molecule has 0 spiro atoms. The molecule has 20 heavy (non-hydrogen) atoms. The molecule has 0 aliphatic carbocycles. The quantitative estimate of drug-likeness (QED) is 0.734. The van der Waals surface area contributed by atoms with Gasteiger partial charge in [0.15, 0.2) is 0 Å². The van der Waals surface area contributed by atoms with Gasteiger partial charge >= 0.3 is 5.97 Å². The molecule has 2 saturated heterocycles. The van der Waals surface area contributed by atoms with Crippen LogP contribution < -0.4 is 0 Å². The Labute approximate surface area is 119 Å². The van der Waals surface area contributed by atoms with E-state index in [1.54, 1.807) is 11.8 Å². The first-order chi connectivity index (χ1) is 9.51. The van der Waals surface area contributed by atoms with E-state index in [-0.39, 0.29) is 12.0 Å². The number of aliphatic carboxylic acids is 1. The summed E-state index contributed by atoms with van der Waals surface area (Å²) in [6.45, 7) is 4.23. The zero-order chi connectivity index (χ0) is 14.6. The molecule has 0 aromatic carbocycles. The number of carbonyl (C=O) groups is 2.